The van der Waals surface area contributed by atoms with E-state index < -0.39 is 16.8 Å². The van der Waals surface area contributed by atoms with Gasteiger partial charge in [-0.3, -0.25) is 0 Å². The Balaban J connectivity index is 2.35. The highest BCUT2D eigenvalue weighted by Crippen LogP contribution is 2.37. The molecule has 8 heteroatoms. The second-order valence-electron chi connectivity index (χ2n) is 3.96. The van der Waals surface area contributed by atoms with Crippen LogP contribution in [0, 0.1) is 6.92 Å². The van der Waals surface area contributed by atoms with Gasteiger partial charge in [-0.25, -0.2) is 4.98 Å². The molecule has 1 aromatic heterocycles. The van der Waals surface area contributed by atoms with Crippen LogP contribution in [0.15, 0.2) is 24.3 Å². The topological polar surface area (TPSA) is 61.0 Å². The highest BCUT2D eigenvalue weighted by Gasteiger charge is 2.33. The standard InChI is InChI=1S/C12H9ClF3N3O/c1-6-4-10(17)19-11(18-6)20-7-2-3-9(13)8(5-7)12(14,15)16/h2-5H,1H3,(H2,17,18,19). The second kappa shape index (κ2) is 5.16. The molecule has 0 aliphatic rings. The van der Waals surface area contributed by atoms with E-state index >= 15 is 0 Å². The molecule has 2 aromatic rings. The van der Waals surface area contributed by atoms with Gasteiger partial charge in [0.15, 0.2) is 0 Å². The average Bonchev–Trinajstić information content (AvgIpc) is 2.29. The Labute approximate surface area is 117 Å². The van der Waals surface area contributed by atoms with Crippen LogP contribution >= 0.6 is 11.6 Å². The molecule has 0 bridgehead atoms. The van der Waals surface area contributed by atoms with Crippen molar-refractivity contribution in [1.29, 1.82) is 0 Å². The summed E-state index contributed by atoms with van der Waals surface area (Å²) in [4.78, 5) is 7.69. The number of aryl methyl sites for hydroxylation is 1. The number of rotatable bonds is 2. The van der Waals surface area contributed by atoms with Crippen LogP contribution < -0.4 is 10.5 Å². The highest BCUT2D eigenvalue weighted by atomic mass is 35.5. The monoisotopic (exact) mass is 303 g/mol. The van der Waals surface area contributed by atoms with E-state index in [2.05, 4.69) is 9.97 Å². The Bertz CT molecular complexity index is 626. The zero-order valence-electron chi connectivity index (χ0n) is 10.2. The minimum absolute atomic E-state index is 0.0771. The first-order chi connectivity index (χ1) is 9.25. The molecule has 2 N–H and O–H groups in total. The molecule has 1 aromatic carbocycles. The van der Waals surface area contributed by atoms with Crippen LogP contribution in [0.2, 0.25) is 5.02 Å². The van der Waals surface area contributed by atoms with Gasteiger partial charge in [-0.05, 0) is 25.1 Å². The van der Waals surface area contributed by atoms with Crippen molar-refractivity contribution in [2.45, 2.75) is 13.1 Å². The van der Waals surface area contributed by atoms with Crippen LogP contribution in [0.25, 0.3) is 0 Å². The van der Waals surface area contributed by atoms with Crippen LogP contribution in [0.5, 0.6) is 11.8 Å². The maximum absolute atomic E-state index is 12.7. The molecule has 20 heavy (non-hydrogen) atoms. The molecule has 0 atom stereocenters. The summed E-state index contributed by atoms with van der Waals surface area (Å²) in [5.41, 5.74) is 5.05. The molecule has 0 amide bonds. The average molecular weight is 304 g/mol. The van der Waals surface area contributed by atoms with E-state index in [4.69, 9.17) is 22.1 Å². The van der Waals surface area contributed by atoms with Gasteiger partial charge in [-0.2, -0.15) is 18.2 Å². The van der Waals surface area contributed by atoms with Crippen molar-refractivity contribution < 1.29 is 17.9 Å². The lowest BCUT2D eigenvalue weighted by atomic mass is 10.2. The largest absolute Gasteiger partial charge is 0.424 e. The number of anilines is 1. The summed E-state index contributed by atoms with van der Waals surface area (Å²) in [6.07, 6.45) is -4.57. The number of hydrogen-bond donors (Lipinski definition) is 1. The summed E-state index contributed by atoms with van der Waals surface area (Å²) < 4.78 is 43.3. The summed E-state index contributed by atoms with van der Waals surface area (Å²) in [5, 5.41) is -0.408. The van der Waals surface area contributed by atoms with E-state index in [9.17, 15) is 13.2 Å². The maximum atomic E-state index is 12.7. The molecule has 0 saturated carbocycles. The molecule has 0 spiro atoms. The summed E-state index contributed by atoms with van der Waals surface area (Å²) in [6, 6.07) is 4.55. The van der Waals surface area contributed by atoms with Crippen LogP contribution in [0.3, 0.4) is 0 Å². The van der Waals surface area contributed by atoms with Gasteiger partial charge in [0.25, 0.3) is 0 Å². The van der Waals surface area contributed by atoms with Gasteiger partial charge < -0.3 is 10.5 Å². The molecule has 106 valence electrons. The Morgan fingerprint density at radius 3 is 2.50 bits per heavy atom. The molecule has 0 unspecified atom stereocenters. The van der Waals surface area contributed by atoms with Crippen LogP contribution in [-0.2, 0) is 6.18 Å². The summed E-state index contributed by atoms with van der Waals surface area (Å²) in [5.74, 6) is 0.0873. The molecule has 2 rings (SSSR count). The fourth-order valence-corrected chi connectivity index (χ4v) is 1.73. The van der Waals surface area contributed by atoms with E-state index in [0.717, 1.165) is 12.1 Å². The molecular weight excluding hydrogens is 295 g/mol. The van der Waals surface area contributed by atoms with Crippen molar-refractivity contribution >= 4 is 17.4 Å². The fraction of sp³-hybridized carbons (Fsp3) is 0.167. The van der Waals surface area contributed by atoms with Crippen molar-refractivity contribution in [3.8, 4) is 11.8 Å². The summed E-state index contributed by atoms with van der Waals surface area (Å²) in [7, 11) is 0. The zero-order chi connectivity index (χ0) is 14.9. The van der Waals surface area contributed by atoms with Gasteiger partial charge in [0.1, 0.15) is 11.6 Å². The second-order valence-corrected chi connectivity index (χ2v) is 4.37. The molecule has 0 aliphatic carbocycles. The number of hydrogen-bond acceptors (Lipinski definition) is 4. The Kier molecular flexibility index (Phi) is 3.71. The van der Waals surface area contributed by atoms with Gasteiger partial charge >= 0.3 is 12.2 Å². The lowest BCUT2D eigenvalue weighted by Gasteiger charge is -2.11. The Morgan fingerprint density at radius 1 is 1.20 bits per heavy atom. The predicted octanol–water partition coefficient (Wildman–Crippen LogP) is 3.83. The first-order valence-electron chi connectivity index (χ1n) is 5.41. The number of halogens is 4. The SMILES string of the molecule is Cc1cc(N)nc(Oc2ccc(Cl)c(C(F)(F)F)c2)n1. The van der Waals surface area contributed by atoms with E-state index in [0.29, 0.717) is 5.69 Å². The van der Waals surface area contributed by atoms with Crippen molar-refractivity contribution in [2.24, 2.45) is 0 Å². The summed E-state index contributed by atoms with van der Waals surface area (Å²) in [6.45, 7) is 1.66. The third-order valence-electron chi connectivity index (χ3n) is 2.31. The van der Waals surface area contributed by atoms with E-state index in [-0.39, 0.29) is 17.6 Å². The molecule has 1 heterocycles. The number of alkyl halides is 3. The number of nitrogens with two attached hydrogens (primary N) is 1. The maximum Gasteiger partial charge on any atom is 0.417 e. The first kappa shape index (κ1) is 14.4. The Hall–Kier alpha value is -2.02. The highest BCUT2D eigenvalue weighted by molar-refractivity contribution is 6.31. The van der Waals surface area contributed by atoms with Crippen LogP contribution in [0.1, 0.15) is 11.3 Å². The van der Waals surface area contributed by atoms with Crippen molar-refractivity contribution in [3.05, 3.63) is 40.5 Å². The number of nitrogen functional groups attached to an aromatic ring is 1. The minimum atomic E-state index is -4.57. The van der Waals surface area contributed by atoms with Gasteiger partial charge in [0, 0.05) is 11.8 Å². The molecule has 0 aliphatic heterocycles. The molecule has 0 radical (unpaired) electrons. The zero-order valence-corrected chi connectivity index (χ0v) is 11.0. The fourth-order valence-electron chi connectivity index (χ4n) is 1.50. The van der Waals surface area contributed by atoms with E-state index in [1.807, 2.05) is 0 Å². The van der Waals surface area contributed by atoms with Gasteiger partial charge in [0.2, 0.25) is 0 Å². The number of ether oxygens (including phenoxy) is 1. The third-order valence-corrected chi connectivity index (χ3v) is 2.64. The van der Waals surface area contributed by atoms with Gasteiger partial charge in [-0.1, -0.05) is 11.6 Å². The quantitative estimate of drug-likeness (QED) is 0.916. The summed E-state index contributed by atoms with van der Waals surface area (Å²) >= 11 is 5.51. The van der Waals surface area contributed by atoms with E-state index in [1.54, 1.807) is 6.92 Å². The predicted molar refractivity (Wildman–Crippen MR) is 67.7 cm³/mol. The molecular formula is C12H9ClF3N3O. The van der Waals surface area contributed by atoms with E-state index in [1.165, 1.54) is 12.1 Å². The van der Waals surface area contributed by atoms with Gasteiger partial charge in [-0.15, -0.1) is 0 Å². The van der Waals surface area contributed by atoms with Gasteiger partial charge in [0.05, 0.1) is 10.6 Å². The molecule has 0 saturated heterocycles. The third kappa shape index (κ3) is 3.30. The first-order valence-corrected chi connectivity index (χ1v) is 5.79. The number of nitrogens with zero attached hydrogens (tertiary/aromatic N) is 2. The lowest BCUT2D eigenvalue weighted by molar-refractivity contribution is -0.137. The van der Waals surface area contributed by atoms with Crippen LogP contribution in [0.4, 0.5) is 19.0 Å². The van der Waals surface area contributed by atoms with Crippen LogP contribution in [-0.4, -0.2) is 9.97 Å². The number of aromatic nitrogens is 2. The van der Waals surface area contributed by atoms with Crippen molar-refractivity contribution in [3.63, 3.8) is 0 Å². The Morgan fingerprint density at radius 2 is 1.90 bits per heavy atom. The van der Waals surface area contributed by atoms with Crippen molar-refractivity contribution in [2.75, 3.05) is 5.73 Å². The minimum Gasteiger partial charge on any atom is -0.424 e. The smallest absolute Gasteiger partial charge is 0.417 e. The number of benzene rings is 1. The normalized spacial score (nSPS) is 11.4. The van der Waals surface area contributed by atoms with Crippen molar-refractivity contribution in [1.82, 2.24) is 9.97 Å². The molecule has 4 nitrogen and oxygen atoms in total. The molecule has 0 fully saturated rings. The lowest BCUT2D eigenvalue weighted by Crippen LogP contribution is -2.06.